The number of aliphatic hydroxyl groups excluding tert-OH is 1. The average molecular weight is 219 g/mol. The minimum Gasteiger partial charge on any atom is -0.394 e. The molecule has 1 aromatic heterocycles. The van der Waals surface area contributed by atoms with E-state index in [0.29, 0.717) is 6.61 Å². The number of hydrogen-bond donors (Lipinski definition) is 1. The zero-order valence-electron chi connectivity index (χ0n) is 9.95. The zero-order valence-corrected chi connectivity index (χ0v) is 9.95. The summed E-state index contributed by atoms with van der Waals surface area (Å²) in [4.78, 5) is 4.06. The van der Waals surface area contributed by atoms with Gasteiger partial charge in [-0.15, -0.1) is 0 Å². The maximum Gasteiger partial charge on any atom is 0.123 e. The number of hydrogen-bond acceptors (Lipinski definition) is 3. The lowest BCUT2D eigenvalue weighted by atomic mass is 10.1. The van der Waals surface area contributed by atoms with Crippen LogP contribution in [0.15, 0.2) is 18.5 Å². The molecule has 0 atom stereocenters. The molecule has 1 heterocycles. The van der Waals surface area contributed by atoms with Crippen molar-refractivity contribution in [3.8, 4) is 11.8 Å². The van der Waals surface area contributed by atoms with Gasteiger partial charge in [0.25, 0.3) is 0 Å². The van der Waals surface area contributed by atoms with Crippen LogP contribution in [-0.4, -0.2) is 28.9 Å². The SMILES string of the molecule is Cc1cncc(C#CC(C)(C)OCCO)c1. The van der Waals surface area contributed by atoms with Crippen LogP contribution in [0.1, 0.15) is 25.0 Å². The van der Waals surface area contributed by atoms with Crippen molar-refractivity contribution in [2.24, 2.45) is 0 Å². The first-order chi connectivity index (χ1) is 7.53. The van der Waals surface area contributed by atoms with Gasteiger partial charge in [-0.2, -0.15) is 0 Å². The quantitative estimate of drug-likeness (QED) is 0.784. The number of aliphatic hydroxyl groups is 1. The molecule has 0 bridgehead atoms. The molecule has 0 aliphatic rings. The summed E-state index contributed by atoms with van der Waals surface area (Å²) in [5.74, 6) is 6.03. The van der Waals surface area contributed by atoms with Crippen molar-refractivity contribution in [2.45, 2.75) is 26.4 Å². The first kappa shape index (κ1) is 12.7. The molecule has 3 nitrogen and oxygen atoms in total. The standard InChI is InChI=1S/C13H17NO2/c1-11-8-12(10-14-9-11)4-5-13(2,3)16-7-6-15/h8-10,15H,6-7H2,1-3H3. The number of rotatable bonds is 3. The van der Waals surface area contributed by atoms with Gasteiger partial charge in [0.2, 0.25) is 0 Å². The van der Waals surface area contributed by atoms with Crippen molar-refractivity contribution < 1.29 is 9.84 Å². The Morgan fingerprint density at radius 3 is 2.81 bits per heavy atom. The Hall–Kier alpha value is -1.37. The minimum absolute atomic E-state index is 0.0110. The first-order valence-corrected chi connectivity index (χ1v) is 5.23. The molecular weight excluding hydrogens is 202 g/mol. The summed E-state index contributed by atoms with van der Waals surface area (Å²) in [7, 11) is 0. The monoisotopic (exact) mass is 219 g/mol. The fourth-order valence-corrected chi connectivity index (χ4v) is 1.18. The van der Waals surface area contributed by atoms with Crippen LogP contribution in [0.4, 0.5) is 0 Å². The number of ether oxygens (including phenoxy) is 1. The van der Waals surface area contributed by atoms with Gasteiger partial charge < -0.3 is 9.84 Å². The molecule has 0 aromatic carbocycles. The average Bonchev–Trinajstić information content (AvgIpc) is 2.24. The topological polar surface area (TPSA) is 42.4 Å². The third kappa shape index (κ3) is 4.43. The number of pyridine rings is 1. The molecule has 0 saturated heterocycles. The Morgan fingerprint density at radius 2 is 2.19 bits per heavy atom. The van der Waals surface area contributed by atoms with Gasteiger partial charge in [-0.3, -0.25) is 4.98 Å². The normalized spacial score (nSPS) is 10.8. The van der Waals surface area contributed by atoms with Gasteiger partial charge in [0.05, 0.1) is 13.2 Å². The number of aromatic nitrogens is 1. The molecule has 0 aliphatic carbocycles. The summed E-state index contributed by atoms with van der Waals surface area (Å²) in [6, 6.07) is 1.97. The van der Waals surface area contributed by atoms with Gasteiger partial charge in [-0.25, -0.2) is 0 Å². The lowest BCUT2D eigenvalue weighted by Crippen LogP contribution is -2.23. The maximum atomic E-state index is 8.67. The van der Waals surface area contributed by atoms with Crippen LogP contribution in [0.3, 0.4) is 0 Å². The van der Waals surface area contributed by atoms with Crippen LogP contribution in [0.5, 0.6) is 0 Å². The highest BCUT2D eigenvalue weighted by atomic mass is 16.5. The van der Waals surface area contributed by atoms with E-state index in [-0.39, 0.29) is 6.61 Å². The molecule has 1 rings (SSSR count). The fraction of sp³-hybridized carbons (Fsp3) is 0.462. The Labute approximate surface area is 96.5 Å². The summed E-state index contributed by atoms with van der Waals surface area (Å²) in [5, 5.41) is 8.67. The third-order valence-corrected chi connectivity index (χ3v) is 1.94. The summed E-state index contributed by atoms with van der Waals surface area (Å²) in [5.41, 5.74) is 1.41. The summed E-state index contributed by atoms with van der Waals surface area (Å²) in [6.07, 6.45) is 3.51. The van der Waals surface area contributed by atoms with Crippen molar-refractivity contribution in [1.29, 1.82) is 0 Å². The predicted molar refractivity (Wildman–Crippen MR) is 63.0 cm³/mol. The summed E-state index contributed by atoms with van der Waals surface area (Å²) < 4.78 is 5.39. The Kier molecular flexibility index (Phi) is 4.48. The Bertz CT molecular complexity index is 402. The van der Waals surface area contributed by atoms with Crippen LogP contribution in [-0.2, 0) is 4.74 Å². The van der Waals surface area contributed by atoms with Crippen molar-refractivity contribution in [3.05, 3.63) is 29.6 Å². The molecule has 0 amide bonds. The van der Waals surface area contributed by atoms with Crippen LogP contribution >= 0.6 is 0 Å². The van der Waals surface area contributed by atoms with E-state index in [0.717, 1.165) is 11.1 Å². The maximum absolute atomic E-state index is 8.67. The van der Waals surface area contributed by atoms with Gasteiger partial charge in [0, 0.05) is 18.0 Å². The molecule has 1 aromatic rings. The molecule has 0 saturated carbocycles. The lowest BCUT2D eigenvalue weighted by Gasteiger charge is -2.17. The number of nitrogens with zero attached hydrogens (tertiary/aromatic N) is 1. The zero-order chi connectivity index (χ0) is 12.0. The van der Waals surface area contributed by atoms with Crippen LogP contribution in [0.2, 0.25) is 0 Å². The molecule has 0 unspecified atom stereocenters. The first-order valence-electron chi connectivity index (χ1n) is 5.23. The van der Waals surface area contributed by atoms with Crippen LogP contribution in [0.25, 0.3) is 0 Å². The number of aryl methyl sites for hydroxylation is 1. The van der Waals surface area contributed by atoms with Crippen LogP contribution in [0, 0.1) is 18.8 Å². The second kappa shape index (κ2) is 5.64. The van der Waals surface area contributed by atoms with Gasteiger partial charge >= 0.3 is 0 Å². The van der Waals surface area contributed by atoms with Crippen molar-refractivity contribution >= 4 is 0 Å². The largest absolute Gasteiger partial charge is 0.394 e. The van der Waals surface area contributed by atoms with E-state index in [1.165, 1.54) is 0 Å². The lowest BCUT2D eigenvalue weighted by molar-refractivity contribution is 0.00604. The van der Waals surface area contributed by atoms with Gasteiger partial charge in [0.15, 0.2) is 0 Å². The third-order valence-electron chi connectivity index (χ3n) is 1.94. The van der Waals surface area contributed by atoms with Gasteiger partial charge in [-0.05, 0) is 32.4 Å². The van der Waals surface area contributed by atoms with E-state index in [2.05, 4.69) is 16.8 Å². The van der Waals surface area contributed by atoms with Crippen molar-refractivity contribution in [2.75, 3.05) is 13.2 Å². The van der Waals surface area contributed by atoms with Gasteiger partial charge in [0.1, 0.15) is 5.60 Å². The van der Waals surface area contributed by atoms with Crippen LogP contribution < -0.4 is 0 Å². The molecule has 0 spiro atoms. The molecule has 0 fully saturated rings. The highest BCUT2D eigenvalue weighted by Crippen LogP contribution is 2.07. The van der Waals surface area contributed by atoms with Crippen molar-refractivity contribution in [3.63, 3.8) is 0 Å². The second-order valence-corrected chi connectivity index (χ2v) is 4.08. The molecule has 1 N–H and O–H groups in total. The summed E-state index contributed by atoms with van der Waals surface area (Å²) in [6.45, 7) is 6.04. The summed E-state index contributed by atoms with van der Waals surface area (Å²) >= 11 is 0. The van der Waals surface area contributed by atoms with E-state index in [1.807, 2.05) is 26.8 Å². The highest BCUT2D eigenvalue weighted by molar-refractivity contribution is 5.35. The molecular formula is C13H17NO2. The molecule has 0 radical (unpaired) electrons. The Balaban J connectivity index is 2.73. The van der Waals surface area contributed by atoms with E-state index >= 15 is 0 Å². The molecule has 16 heavy (non-hydrogen) atoms. The smallest absolute Gasteiger partial charge is 0.123 e. The van der Waals surface area contributed by atoms with Crippen molar-refractivity contribution in [1.82, 2.24) is 4.98 Å². The van der Waals surface area contributed by atoms with E-state index in [4.69, 9.17) is 9.84 Å². The van der Waals surface area contributed by atoms with E-state index in [9.17, 15) is 0 Å². The second-order valence-electron chi connectivity index (χ2n) is 4.08. The molecule has 0 aliphatic heterocycles. The molecule has 86 valence electrons. The molecule has 3 heteroatoms. The van der Waals surface area contributed by atoms with E-state index in [1.54, 1.807) is 12.4 Å². The van der Waals surface area contributed by atoms with E-state index < -0.39 is 5.60 Å². The van der Waals surface area contributed by atoms with Gasteiger partial charge in [-0.1, -0.05) is 11.8 Å². The minimum atomic E-state index is -0.549. The highest BCUT2D eigenvalue weighted by Gasteiger charge is 2.13. The predicted octanol–water partition coefficient (Wildman–Crippen LogP) is 1.53. The fourth-order valence-electron chi connectivity index (χ4n) is 1.18. The Morgan fingerprint density at radius 1 is 1.44 bits per heavy atom.